The fraction of sp³-hybridized carbons (Fsp3) is 0.154. The molecule has 8 nitrogen and oxygen atoms in total. The standard InChI is InChI=1S/C26H23N5O3/c1-16-17(2)28-22-12-18(7-9-21(22)27-16)26(32)30-19-8-10-23(33-3)24(13-19)34-15-20-14-31-11-5-4-6-25(31)29-20/h4-14H,15H2,1-3H3,(H,30,32). The Balaban J connectivity index is 1.34. The fourth-order valence-corrected chi connectivity index (χ4v) is 3.65. The molecule has 170 valence electrons. The largest absolute Gasteiger partial charge is 0.493 e. The van der Waals surface area contributed by atoms with Crippen LogP contribution in [0.25, 0.3) is 16.7 Å². The van der Waals surface area contributed by atoms with Crippen molar-refractivity contribution in [1.29, 1.82) is 0 Å². The van der Waals surface area contributed by atoms with Gasteiger partial charge in [-0.15, -0.1) is 0 Å². The Hall–Kier alpha value is -4.46. The lowest BCUT2D eigenvalue weighted by Gasteiger charge is -2.12. The van der Waals surface area contributed by atoms with Crippen molar-refractivity contribution in [2.75, 3.05) is 12.4 Å². The van der Waals surface area contributed by atoms with Gasteiger partial charge >= 0.3 is 0 Å². The van der Waals surface area contributed by atoms with Crippen LogP contribution in [0.15, 0.2) is 67.0 Å². The third-order valence-electron chi connectivity index (χ3n) is 5.55. The van der Waals surface area contributed by atoms with Crippen LogP contribution >= 0.6 is 0 Å². The number of hydrogen-bond donors (Lipinski definition) is 1. The minimum absolute atomic E-state index is 0.251. The number of benzene rings is 2. The van der Waals surface area contributed by atoms with Gasteiger partial charge in [-0.25, -0.2) is 15.0 Å². The van der Waals surface area contributed by atoms with Gasteiger partial charge in [-0.05, 0) is 56.3 Å². The summed E-state index contributed by atoms with van der Waals surface area (Å²) in [5.41, 5.74) is 5.86. The molecule has 0 aliphatic rings. The summed E-state index contributed by atoms with van der Waals surface area (Å²) in [7, 11) is 1.57. The molecule has 5 aromatic rings. The Kier molecular flexibility index (Phi) is 5.55. The zero-order valence-corrected chi connectivity index (χ0v) is 19.1. The van der Waals surface area contributed by atoms with Crippen LogP contribution < -0.4 is 14.8 Å². The average Bonchev–Trinajstić information content (AvgIpc) is 3.26. The number of rotatable bonds is 6. The second kappa shape index (κ2) is 8.82. The van der Waals surface area contributed by atoms with Gasteiger partial charge in [-0.3, -0.25) is 4.79 Å². The lowest BCUT2D eigenvalue weighted by Crippen LogP contribution is -2.12. The first-order valence-corrected chi connectivity index (χ1v) is 10.8. The number of amides is 1. The van der Waals surface area contributed by atoms with E-state index in [1.54, 1.807) is 43.5 Å². The summed E-state index contributed by atoms with van der Waals surface area (Å²) in [5, 5.41) is 2.92. The molecule has 0 radical (unpaired) electrons. The van der Waals surface area contributed by atoms with Crippen LogP contribution in [0.1, 0.15) is 27.4 Å². The molecule has 2 aromatic carbocycles. The summed E-state index contributed by atoms with van der Waals surface area (Å²) in [5.74, 6) is 0.819. The molecule has 1 N–H and O–H groups in total. The molecular weight excluding hydrogens is 430 g/mol. The van der Waals surface area contributed by atoms with Crippen molar-refractivity contribution < 1.29 is 14.3 Å². The number of nitrogens with one attached hydrogen (secondary N) is 1. The van der Waals surface area contributed by atoms with Crippen molar-refractivity contribution >= 4 is 28.3 Å². The van der Waals surface area contributed by atoms with E-state index in [2.05, 4.69) is 20.3 Å². The highest BCUT2D eigenvalue weighted by molar-refractivity contribution is 6.06. The molecular formula is C26H23N5O3. The number of imidazole rings is 1. The van der Waals surface area contributed by atoms with Crippen molar-refractivity contribution in [2.45, 2.75) is 20.5 Å². The van der Waals surface area contributed by atoms with Crippen LogP contribution in [0.4, 0.5) is 5.69 Å². The maximum atomic E-state index is 12.9. The number of anilines is 1. The first-order valence-electron chi connectivity index (χ1n) is 10.8. The molecule has 1 amide bonds. The van der Waals surface area contributed by atoms with Crippen molar-refractivity contribution in [3.8, 4) is 11.5 Å². The number of ether oxygens (including phenoxy) is 2. The molecule has 5 rings (SSSR count). The van der Waals surface area contributed by atoms with Gasteiger partial charge in [0.05, 0.1) is 35.2 Å². The summed E-state index contributed by atoms with van der Waals surface area (Å²) in [6, 6.07) is 16.4. The Bertz CT molecular complexity index is 1490. The number of pyridine rings is 1. The zero-order valence-electron chi connectivity index (χ0n) is 19.1. The Labute approximate surface area is 196 Å². The maximum absolute atomic E-state index is 12.9. The third-order valence-corrected chi connectivity index (χ3v) is 5.55. The predicted octanol–water partition coefficient (Wildman–Crippen LogP) is 4.73. The maximum Gasteiger partial charge on any atom is 0.255 e. The van der Waals surface area contributed by atoms with Gasteiger partial charge in [0.15, 0.2) is 11.5 Å². The van der Waals surface area contributed by atoms with E-state index >= 15 is 0 Å². The molecule has 34 heavy (non-hydrogen) atoms. The van der Waals surface area contributed by atoms with Gasteiger partial charge < -0.3 is 19.2 Å². The lowest BCUT2D eigenvalue weighted by molar-refractivity contribution is 0.102. The van der Waals surface area contributed by atoms with Gasteiger partial charge in [0, 0.05) is 29.7 Å². The summed E-state index contributed by atoms with van der Waals surface area (Å²) >= 11 is 0. The Morgan fingerprint density at radius 3 is 2.56 bits per heavy atom. The van der Waals surface area contributed by atoms with Crippen LogP contribution in [-0.4, -0.2) is 32.4 Å². The van der Waals surface area contributed by atoms with Crippen molar-refractivity contribution in [1.82, 2.24) is 19.4 Å². The van der Waals surface area contributed by atoms with E-state index in [0.29, 0.717) is 28.3 Å². The van der Waals surface area contributed by atoms with Crippen LogP contribution in [0.2, 0.25) is 0 Å². The van der Waals surface area contributed by atoms with E-state index in [0.717, 1.165) is 28.2 Å². The predicted molar refractivity (Wildman–Crippen MR) is 129 cm³/mol. The summed E-state index contributed by atoms with van der Waals surface area (Å²) in [6.45, 7) is 4.08. The van der Waals surface area contributed by atoms with Crippen molar-refractivity contribution in [3.63, 3.8) is 0 Å². The normalized spacial score (nSPS) is 11.0. The highest BCUT2D eigenvalue weighted by Gasteiger charge is 2.13. The number of nitrogens with zero attached hydrogens (tertiary/aromatic N) is 4. The monoisotopic (exact) mass is 453 g/mol. The Morgan fingerprint density at radius 2 is 1.76 bits per heavy atom. The van der Waals surface area contributed by atoms with Gasteiger partial charge in [0.2, 0.25) is 0 Å². The van der Waals surface area contributed by atoms with E-state index in [1.807, 2.05) is 48.8 Å². The molecule has 3 heterocycles. The SMILES string of the molecule is COc1ccc(NC(=O)c2ccc3nc(C)c(C)nc3c2)cc1OCc1cn2ccccc2n1. The first kappa shape index (κ1) is 21.4. The average molecular weight is 454 g/mol. The highest BCUT2D eigenvalue weighted by Crippen LogP contribution is 2.31. The molecule has 0 aliphatic carbocycles. The lowest BCUT2D eigenvalue weighted by atomic mass is 10.1. The van der Waals surface area contributed by atoms with Crippen LogP contribution in [0, 0.1) is 13.8 Å². The van der Waals surface area contributed by atoms with Gasteiger partial charge in [0.1, 0.15) is 12.3 Å². The minimum atomic E-state index is -0.251. The second-order valence-electron chi connectivity index (χ2n) is 7.90. The van der Waals surface area contributed by atoms with E-state index in [-0.39, 0.29) is 12.5 Å². The molecule has 0 saturated heterocycles. The molecule has 8 heteroatoms. The molecule has 0 atom stereocenters. The number of fused-ring (bicyclic) bond motifs is 2. The highest BCUT2D eigenvalue weighted by atomic mass is 16.5. The zero-order chi connectivity index (χ0) is 23.7. The topological polar surface area (TPSA) is 90.6 Å². The van der Waals surface area contributed by atoms with E-state index in [9.17, 15) is 4.79 Å². The smallest absolute Gasteiger partial charge is 0.255 e. The van der Waals surface area contributed by atoms with E-state index < -0.39 is 0 Å². The molecule has 0 unspecified atom stereocenters. The van der Waals surface area contributed by atoms with Gasteiger partial charge in [0.25, 0.3) is 5.91 Å². The first-order chi connectivity index (χ1) is 16.5. The molecule has 0 spiro atoms. The van der Waals surface area contributed by atoms with Crippen LogP contribution in [0.3, 0.4) is 0 Å². The number of hydrogen-bond acceptors (Lipinski definition) is 6. The fourth-order valence-electron chi connectivity index (χ4n) is 3.65. The number of methoxy groups -OCH3 is 1. The number of carbonyl (C=O) groups excluding carboxylic acids is 1. The number of aromatic nitrogens is 4. The van der Waals surface area contributed by atoms with Crippen molar-refractivity contribution in [3.05, 3.63) is 89.6 Å². The molecule has 0 aliphatic heterocycles. The molecule has 0 saturated carbocycles. The quantitative estimate of drug-likeness (QED) is 0.400. The molecule has 3 aromatic heterocycles. The summed E-state index contributed by atoms with van der Waals surface area (Å²) < 4.78 is 13.3. The van der Waals surface area contributed by atoms with Crippen molar-refractivity contribution in [2.24, 2.45) is 0 Å². The number of carbonyl (C=O) groups is 1. The minimum Gasteiger partial charge on any atom is -0.493 e. The van der Waals surface area contributed by atoms with E-state index in [4.69, 9.17) is 9.47 Å². The molecule has 0 bridgehead atoms. The van der Waals surface area contributed by atoms with Gasteiger partial charge in [-0.2, -0.15) is 0 Å². The molecule has 0 fully saturated rings. The second-order valence-corrected chi connectivity index (χ2v) is 7.90. The van der Waals surface area contributed by atoms with Gasteiger partial charge in [-0.1, -0.05) is 6.07 Å². The number of aryl methyl sites for hydroxylation is 2. The van der Waals surface area contributed by atoms with Crippen LogP contribution in [0.5, 0.6) is 11.5 Å². The van der Waals surface area contributed by atoms with E-state index in [1.165, 1.54) is 0 Å². The summed E-state index contributed by atoms with van der Waals surface area (Å²) in [4.78, 5) is 26.5. The summed E-state index contributed by atoms with van der Waals surface area (Å²) in [6.07, 6.45) is 3.85. The third kappa shape index (κ3) is 4.25. The Morgan fingerprint density at radius 1 is 0.941 bits per heavy atom. The van der Waals surface area contributed by atoms with Crippen LogP contribution in [-0.2, 0) is 6.61 Å².